The summed E-state index contributed by atoms with van der Waals surface area (Å²) in [6, 6.07) is 0. The zero-order valence-corrected chi connectivity index (χ0v) is 31.5. The first kappa shape index (κ1) is 39.8. The summed E-state index contributed by atoms with van der Waals surface area (Å²) in [6.45, 7) is 7.92. The molecule has 0 heterocycles. The van der Waals surface area contributed by atoms with Crippen molar-refractivity contribution in [1.29, 1.82) is 0 Å². The van der Waals surface area contributed by atoms with Crippen LogP contribution in [0.1, 0.15) is 85.5 Å². The van der Waals surface area contributed by atoms with Crippen molar-refractivity contribution in [3.63, 3.8) is 0 Å². The zero-order chi connectivity index (χ0) is 29.8. The molecule has 0 radical (unpaired) electrons. The van der Waals surface area contributed by atoms with Gasteiger partial charge in [-0.25, -0.2) is 16.8 Å². The number of aliphatic hydroxyl groups excluding tert-OH is 3. The van der Waals surface area contributed by atoms with Gasteiger partial charge in [-0.2, -0.15) is 0 Å². The summed E-state index contributed by atoms with van der Waals surface area (Å²) in [7, 11) is -9.86. The van der Waals surface area contributed by atoms with E-state index in [2.05, 4.69) is 18.0 Å². The van der Waals surface area contributed by atoms with Crippen LogP contribution in [0, 0.1) is 52.3 Å². The van der Waals surface area contributed by atoms with Gasteiger partial charge in [-0.15, -0.1) is 0 Å². The van der Waals surface area contributed by atoms with Crippen molar-refractivity contribution in [3.05, 3.63) is 0 Å². The van der Waals surface area contributed by atoms with Crippen LogP contribution in [0.2, 0.25) is 0 Å². The van der Waals surface area contributed by atoms with Gasteiger partial charge < -0.3 is 24.4 Å². The molecule has 0 bridgehead atoms. The Bertz CT molecular complexity index is 1120. The van der Waals surface area contributed by atoms with Gasteiger partial charge in [0.25, 0.3) is 0 Å². The summed E-state index contributed by atoms with van der Waals surface area (Å²) in [5.41, 5.74) is -1.33. The maximum atomic E-state index is 11.8. The SMILES string of the molecule is CC(C)CCC[C@@H](COS(=O)(=O)[O-])[C@H]1CCC2C3CCC4[C@H](O)[C@H](OS(=O)(=O)[O-])CC[C@]4(C)C3[C@@H](O)[C@@H](O)[C@@]21C.[Na+].[Na+]. The normalized spacial score (nSPS) is 42.5. The van der Waals surface area contributed by atoms with Crippen molar-refractivity contribution in [3.8, 4) is 0 Å². The molecular weight excluding hydrogens is 610 g/mol. The maximum Gasteiger partial charge on any atom is 1.00 e. The minimum absolute atomic E-state index is 0. The van der Waals surface area contributed by atoms with E-state index in [1.807, 2.05) is 13.8 Å². The van der Waals surface area contributed by atoms with Crippen molar-refractivity contribution < 1.29 is 109 Å². The molecule has 12 atom stereocenters. The molecule has 42 heavy (non-hydrogen) atoms. The largest absolute Gasteiger partial charge is 1.00 e. The first-order chi connectivity index (χ1) is 18.4. The molecule has 0 saturated heterocycles. The molecule has 0 spiro atoms. The summed E-state index contributed by atoms with van der Waals surface area (Å²) in [5.74, 6) is -0.663. The fourth-order valence-corrected chi connectivity index (χ4v) is 10.7. The second-order valence-corrected chi connectivity index (χ2v) is 15.9. The van der Waals surface area contributed by atoms with Crippen LogP contribution in [0.4, 0.5) is 0 Å². The van der Waals surface area contributed by atoms with Crippen LogP contribution in [0.15, 0.2) is 0 Å². The third kappa shape index (κ3) is 8.01. The number of aliphatic hydroxyl groups is 3. The summed E-state index contributed by atoms with van der Waals surface area (Å²) < 4.78 is 77.2. The van der Waals surface area contributed by atoms with E-state index in [1.54, 1.807) is 0 Å². The van der Waals surface area contributed by atoms with Crippen molar-refractivity contribution >= 4 is 20.8 Å². The van der Waals surface area contributed by atoms with Crippen molar-refractivity contribution in [1.82, 2.24) is 0 Å². The van der Waals surface area contributed by atoms with E-state index in [-0.39, 0.29) is 102 Å². The number of hydrogen-bond acceptors (Lipinski definition) is 11. The minimum Gasteiger partial charge on any atom is -0.726 e. The van der Waals surface area contributed by atoms with Crippen molar-refractivity contribution in [2.45, 2.75) is 110 Å². The number of fused-ring (bicyclic) bond motifs is 5. The summed E-state index contributed by atoms with van der Waals surface area (Å²) in [6.07, 6.45) is 1.13. The summed E-state index contributed by atoms with van der Waals surface area (Å²) >= 11 is 0. The quantitative estimate of drug-likeness (QED) is 0.119. The maximum absolute atomic E-state index is 11.8. The standard InChI is InChI=1S/C27H48O11S2.2Na/c1-15(2)6-5-7-16(14-37-39(31,32)33)18-10-11-19-17-8-9-20-23(28)21(38-40(34,35)36)12-13-26(20,3)22(17)24(29)25(30)27(18,19)4;;/h15-25,28-30H,5-14H2,1-4H3,(H,31,32,33)(H,34,35,36);;/q;2*+1/p-2/t16-,17?,18+,19?,20?,21+,22?,23-,24+,25+,26-,27+;;/m0../s1. The molecule has 4 aliphatic carbocycles. The Labute approximate surface area is 295 Å². The van der Waals surface area contributed by atoms with Gasteiger partial charge in [0.15, 0.2) is 0 Å². The van der Waals surface area contributed by atoms with E-state index in [9.17, 15) is 41.3 Å². The van der Waals surface area contributed by atoms with Crippen LogP contribution in [-0.2, 0) is 29.2 Å². The average molecular weight is 657 g/mol. The summed E-state index contributed by atoms with van der Waals surface area (Å²) in [5, 5.41) is 34.6. The molecule has 0 amide bonds. The third-order valence-electron chi connectivity index (χ3n) is 11.5. The van der Waals surface area contributed by atoms with Crippen LogP contribution in [-0.4, -0.2) is 72.3 Å². The molecule has 11 nitrogen and oxygen atoms in total. The Morgan fingerprint density at radius 2 is 1.48 bits per heavy atom. The first-order valence-corrected chi connectivity index (χ1v) is 17.3. The Hall–Kier alpha value is 1.62. The predicted octanol–water partition coefficient (Wildman–Crippen LogP) is -3.67. The fraction of sp³-hybridized carbons (Fsp3) is 1.00. The van der Waals surface area contributed by atoms with Gasteiger partial charge in [-0.05, 0) is 91.8 Å². The molecule has 3 N–H and O–H groups in total. The second-order valence-electron chi connectivity index (χ2n) is 13.8. The molecule has 0 aliphatic heterocycles. The fourth-order valence-electron chi connectivity index (χ4n) is 9.80. The van der Waals surface area contributed by atoms with Crippen molar-refractivity contribution in [2.24, 2.45) is 52.3 Å². The van der Waals surface area contributed by atoms with Crippen LogP contribution >= 0.6 is 0 Å². The van der Waals surface area contributed by atoms with Crippen LogP contribution < -0.4 is 59.1 Å². The van der Waals surface area contributed by atoms with E-state index >= 15 is 0 Å². The molecule has 4 unspecified atom stereocenters. The van der Waals surface area contributed by atoms with Gasteiger partial charge in [0, 0.05) is 5.41 Å². The molecule has 0 aromatic heterocycles. The van der Waals surface area contributed by atoms with Gasteiger partial charge in [0.1, 0.15) is 6.10 Å². The molecule has 4 rings (SSSR count). The molecular formula is C27H46Na2O11S2. The Morgan fingerprint density at radius 1 is 0.857 bits per heavy atom. The van der Waals surface area contributed by atoms with E-state index in [1.165, 1.54) is 0 Å². The Kier molecular flexibility index (Phi) is 14.0. The van der Waals surface area contributed by atoms with E-state index in [4.69, 9.17) is 4.18 Å². The van der Waals surface area contributed by atoms with Gasteiger partial charge in [-0.3, -0.25) is 8.37 Å². The van der Waals surface area contributed by atoms with Gasteiger partial charge in [-0.1, -0.05) is 40.5 Å². The zero-order valence-electron chi connectivity index (χ0n) is 25.8. The molecule has 0 aromatic carbocycles. The minimum atomic E-state index is -4.98. The Morgan fingerprint density at radius 3 is 2.05 bits per heavy atom. The predicted molar refractivity (Wildman–Crippen MR) is 142 cm³/mol. The van der Waals surface area contributed by atoms with E-state index in [0.717, 1.165) is 19.3 Å². The van der Waals surface area contributed by atoms with E-state index < -0.39 is 62.0 Å². The number of hydrogen-bond donors (Lipinski definition) is 3. The van der Waals surface area contributed by atoms with Crippen LogP contribution in [0.5, 0.6) is 0 Å². The van der Waals surface area contributed by atoms with Crippen LogP contribution in [0.3, 0.4) is 0 Å². The van der Waals surface area contributed by atoms with Crippen molar-refractivity contribution in [2.75, 3.05) is 6.61 Å². The molecule has 4 fully saturated rings. The molecule has 15 heteroatoms. The number of rotatable bonds is 10. The Balaban J connectivity index is 0.00000308. The smallest absolute Gasteiger partial charge is 0.726 e. The van der Waals surface area contributed by atoms with Gasteiger partial charge >= 0.3 is 59.1 Å². The molecule has 234 valence electrons. The third-order valence-corrected chi connectivity index (χ3v) is 12.4. The van der Waals surface area contributed by atoms with Gasteiger partial charge in [0.05, 0.1) is 24.9 Å². The topological polar surface area (TPSA) is 194 Å². The molecule has 0 aromatic rings. The average Bonchev–Trinajstić information content (AvgIpc) is 3.18. The molecule has 4 aliphatic rings. The first-order valence-electron chi connectivity index (χ1n) is 14.7. The second kappa shape index (κ2) is 14.8. The summed E-state index contributed by atoms with van der Waals surface area (Å²) in [4.78, 5) is 0. The van der Waals surface area contributed by atoms with Crippen LogP contribution in [0.25, 0.3) is 0 Å². The van der Waals surface area contributed by atoms with Gasteiger partial charge in [0.2, 0.25) is 20.8 Å². The van der Waals surface area contributed by atoms with E-state index in [0.29, 0.717) is 38.0 Å². The monoisotopic (exact) mass is 656 g/mol. The molecule has 4 saturated carbocycles.